The number of hydrogen-bond acceptors (Lipinski definition) is 3. The van der Waals surface area contributed by atoms with Crippen LogP contribution in [0.3, 0.4) is 0 Å². The number of alkyl halides is 3. The van der Waals surface area contributed by atoms with Crippen LogP contribution in [0.25, 0.3) is 5.76 Å². The van der Waals surface area contributed by atoms with E-state index in [1.54, 1.807) is 36.4 Å². The highest BCUT2D eigenvalue weighted by molar-refractivity contribution is 9.10. The Bertz CT molecular complexity index is 1270. The van der Waals surface area contributed by atoms with Crippen LogP contribution in [0.1, 0.15) is 22.7 Å². The van der Waals surface area contributed by atoms with E-state index in [9.17, 15) is 27.9 Å². The van der Waals surface area contributed by atoms with Gasteiger partial charge in [0.1, 0.15) is 5.76 Å². The zero-order valence-corrected chi connectivity index (χ0v) is 18.9. The SMILES string of the molecule is O=C1C(=O)N(c2cccc(C(F)(F)F)c2)C(c2ccc(Cl)cc2)C1=C(O)c1ccc(Br)cc1. The normalized spacial score (nSPS) is 18.1. The minimum Gasteiger partial charge on any atom is -0.507 e. The lowest BCUT2D eigenvalue weighted by Gasteiger charge is -2.26. The minimum absolute atomic E-state index is 0.123. The summed E-state index contributed by atoms with van der Waals surface area (Å²) in [5.74, 6) is -2.49. The van der Waals surface area contributed by atoms with Gasteiger partial charge in [-0.1, -0.05) is 57.9 Å². The number of carbonyl (C=O) groups is 2. The molecule has 9 heteroatoms. The van der Waals surface area contributed by atoms with Crippen LogP contribution < -0.4 is 4.90 Å². The van der Waals surface area contributed by atoms with Crippen molar-refractivity contribution in [1.29, 1.82) is 0 Å². The lowest BCUT2D eigenvalue weighted by Crippen LogP contribution is -2.29. The predicted octanol–water partition coefficient (Wildman–Crippen LogP) is 6.75. The van der Waals surface area contributed by atoms with Crippen LogP contribution in [-0.4, -0.2) is 16.8 Å². The molecule has 1 saturated heterocycles. The van der Waals surface area contributed by atoms with Crippen molar-refractivity contribution >= 4 is 50.7 Å². The molecule has 1 heterocycles. The molecule has 0 bridgehead atoms. The van der Waals surface area contributed by atoms with Gasteiger partial charge in [0.05, 0.1) is 17.2 Å². The van der Waals surface area contributed by atoms with Crippen LogP contribution in [0.5, 0.6) is 0 Å². The highest BCUT2D eigenvalue weighted by atomic mass is 79.9. The molecule has 1 amide bonds. The maximum absolute atomic E-state index is 13.3. The number of carbonyl (C=O) groups excluding carboxylic acids is 2. The molecule has 3 aromatic carbocycles. The van der Waals surface area contributed by atoms with Crippen molar-refractivity contribution in [2.75, 3.05) is 4.90 Å². The molecule has 1 unspecified atom stereocenters. The topological polar surface area (TPSA) is 57.6 Å². The number of halogens is 5. The van der Waals surface area contributed by atoms with Gasteiger partial charge in [0.2, 0.25) is 0 Å². The molecule has 1 aliphatic rings. The number of nitrogens with zero attached hydrogens (tertiary/aromatic N) is 1. The molecule has 0 radical (unpaired) electrons. The average molecular weight is 537 g/mol. The lowest BCUT2D eigenvalue weighted by molar-refractivity contribution is -0.137. The van der Waals surface area contributed by atoms with E-state index in [1.807, 2.05) is 0 Å². The van der Waals surface area contributed by atoms with Crippen molar-refractivity contribution in [2.24, 2.45) is 0 Å². The van der Waals surface area contributed by atoms with Gasteiger partial charge in [-0.15, -0.1) is 0 Å². The van der Waals surface area contributed by atoms with Crippen LogP contribution in [-0.2, 0) is 15.8 Å². The third-order valence-corrected chi connectivity index (χ3v) is 5.98. The van der Waals surface area contributed by atoms with Crippen LogP contribution in [0.15, 0.2) is 82.8 Å². The summed E-state index contributed by atoms with van der Waals surface area (Å²) in [6, 6.07) is 15.5. The summed E-state index contributed by atoms with van der Waals surface area (Å²) in [6.45, 7) is 0. The second kappa shape index (κ2) is 8.68. The summed E-state index contributed by atoms with van der Waals surface area (Å²) in [6.07, 6.45) is -4.64. The zero-order valence-electron chi connectivity index (χ0n) is 16.6. The Labute approximate surface area is 200 Å². The molecular weight excluding hydrogens is 523 g/mol. The first-order valence-corrected chi connectivity index (χ1v) is 10.7. The third kappa shape index (κ3) is 4.41. The predicted molar refractivity (Wildman–Crippen MR) is 122 cm³/mol. The first-order chi connectivity index (χ1) is 15.6. The van der Waals surface area contributed by atoms with Crippen molar-refractivity contribution in [3.63, 3.8) is 0 Å². The summed E-state index contributed by atoms with van der Waals surface area (Å²) in [4.78, 5) is 27.0. The van der Waals surface area contributed by atoms with E-state index in [4.69, 9.17) is 11.6 Å². The average Bonchev–Trinajstić information content (AvgIpc) is 3.04. The van der Waals surface area contributed by atoms with Gasteiger partial charge in [-0.3, -0.25) is 14.5 Å². The van der Waals surface area contributed by atoms with Crippen LogP contribution in [0.2, 0.25) is 5.02 Å². The van der Waals surface area contributed by atoms with Gasteiger partial charge in [-0.25, -0.2) is 0 Å². The highest BCUT2D eigenvalue weighted by Crippen LogP contribution is 2.43. The molecule has 4 rings (SSSR count). The van der Waals surface area contributed by atoms with E-state index in [2.05, 4.69) is 15.9 Å². The number of hydrogen-bond donors (Lipinski definition) is 1. The van der Waals surface area contributed by atoms with Crippen LogP contribution in [0, 0.1) is 0 Å². The number of aliphatic hydroxyl groups is 1. The Balaban J connectivity index is 1.94. The Morgan fingerprint density at radius 3 is 2.21 bits per heavy atom. The number of rotatable bonds is 3. The fourth-order valence-corrected chi connectivity index (χ4v) is 4.04. The Kier molecular flexibility index (Phi) is 6.07. The molecule has 0 spiro atoms. The molecule has 1 atom stereocenters. The second-order valence-electron chi connectivity index (χ2n) is 7.28. The molecule has 33 heavy (non-hydrogen) atoms. The monoisotopic (exact) mass is 535 g/mol. The first kappa shape index (κ1) is 23.1. The van der Waals surface area contributed by atoms with Gasteiger partial charge in [0, 0.05) is 20.7 Å². The van der Waals surface area contributed by atoms with E-state index >= 15 is 0 Å². The number of amides is 1. The smallest absolute Gasteiger partial charge is 0.416 e. The summed E-state index contributed by atoms with van der Waals surface area (Å²) >= 11 is 9.26. The van der Waals surface area contributed by atoms with E-state index in [0.717, 1.165) is 27.6 Å². The molecule has 3 aromatic rings. The van der Waals surface area contributed by atoms with Crippen molar-refractivity contribution < 1.29 is 27.9 Å². The number of aliphatic hydroxyl groups excluding tert-OH is 1. The molecule has 1 fully saturated rings. The van der Waals surface area contributed by atoms with Gasteiger partial charge < -0.3 is 5.11 Å². The van der Waals surface area contributed by atoms with Crippen molar-refractivity contribution in [3.8, 4) is 0 Å². The number of anilines is 1. The van der Waals surface area contributed by atoms with Crippen molar-refractivity contribution in [1.82, 2.24) is 0 Å². The second-order valence-corrected chi connectivity index (χ2v) is 8.63. The third-order valence-electron chi connectivity index (χ3n) is 5.20. The van der Waals surface area contributed by atoms with E-state index in [-0.39, 0.29) is 16.8 Å². The fourth-order valence-electron chi connectivity index (χ4n) is 3.65. The Morgan fingerprint density at radius 1 is 0.970 bits per heavy atom. The van der Waals surface area contributed by atoms with E-state index in [1.165, 1.54) is 18.2 Å². The van der Waals surface area contributed by atoms with E-state index < -0.39 is 35.2 Å². The molecule has 1 N–H and O–H groups in total. The lowest BCUT2D eigenvalue weighted by atomic mass is 9.95. The molecule has 0 aromatic heterocycles. The summed E-state index contributed by atoms with van der Waals surface area (Å²) in [5.41, 5.74) is -0.651. The molecule has 1 aliphatic heterocycles. The van der Waals surface area contributed by atoms with Crippen LogP contribution >= 0.6 is 27.5 Å². The van der Waals surface area contributed by atoms with Gasteiger partial charge in [0.25, 0.3) is 11.7 Å². The molecule has 0 saturated carbocycles. The van der Waals surface area contributed by atoms with Crippen LogP contribution in [0.4, 0.5) is 18.9 Å². The molecule has 4 nitrogen and oxygen atoms in total. The quantitative estimate of drug-likeness (QED) is 0.229. The van der Waals surface area contributed by atoms with Gasteiger partial charge in [-0.2, -0.15) is 13.2 Å². The summed E-state index contributed by atoms with van der Waals surface area (Å²) < 4.78 is 40.7. The Hall–Kier alpha value is -3.10. The largest absolute Gasteiger partial charge is 0.507 e. The standard InChI is InChI=1S/C24H14BrClF3NO3/c25-16-8-4-14(5-9-16)21(31)19-20(13-6-10-17(26)11-7-13)30(23(33)22(19)32)18-3-1-2-15(12-18)24(27,28)29/h1-12,20,31H. The molecular formula is C24H14BrClF3NO3. The maximum Gasteiger partial charge on any atom is 0.416 e. The number of Topliss-reactive ketones (excluding diaryl/α,β-unsaturated/α-hetero) is 1. The van der Waals surface area contributed by atoms with Crippen molar-refractivity contribution in [2.45, 2.75) is 12.2 Å². The van der Waals surface area contributed by atoms with Gasteiger partial charge in [-0.05, 0) is 48.0 Å². The fraction of sp³-hybridized carbons (Fsp3) is 0.0833. The minimum atomic E-state index is -4.64. The number of ketones is 1. The first-order valence-electron chi connectivity index (χ1n) is 9.57. The Morgan fingerprint density at radius 2 is 1.61 bits per heavy atom. The summed E-state index contributed by atoms with van der Waals surface area (Å²) in [5, 5.41) is 11.4. The molecule has 0 aliphatic carbocycles. The highest BCUT2D eigenvalue weighted by Gasteiger charge is 2.47. The van der Waals surface area contributed by atoms with Crippen molar-refractivity contribution in [3.05, 3.63) is 105 Å². The number of benzene rings is 3. The molecule has 168 valence electrons. The van der Waals surface area contributed by atoms with Gasteiger partial charge >= 0.3 is 6.18 Å². The van der Waals surface area contributed by atoms with Gasteiger partial charge in [0.15, 0.2) is 0 Å². The summed E-state index contributed by atoms with van der Waals surface area (Å²) in [7, 11) is 0. The zero-order chi connectivity index (χ0) is 23.9. The maximum atomic E-state index is 13.3. The van der Waals surface area contributed by atoms with E-state index in [0.29, 0.717) is 10.6 Å².